The van der Waals surface area contributed by atoms with E-state index in [1.165, 1.54) is 0 Å². The van der Waals surface area contributed by atoms with E-state index < -0.39 is 6.10 Å². The third kappa shape index (κ3) is 3.68. The van der Waals surface area contributed by atoms with Crippen molar-refractivity contribution in [2.24, 2.45) is 0 Å². The number of fused-ring (bicyclic) bond motifs is 1. The van der Waals surface area contributed by atoms with Gasteiger partial charge in [-0.1, -0.05) is 6.07 Å². The molecule has 1 aliphatic rings. The minimum absolute atomic E-state index is 0.139. The highest BCUT2D eigenvalue weighted by Gasteiger charge is 2.27. The number of carbonyl (C=O) groups is 1. The number of β-amino-alcohol motifs (C(OH)–C–C–N with tert-alkyl or cyclic N) is 1. The van der Waals surface area contributed by atoms with Gasteiger partial charge in [-0.3, -0.25) is 4.79 Å². The first-order valence-electron chi connectivity index (χ1n) is 8.55. The molecule has 1 fully saturated rings. The number of aliphatic hydroxyl groups excluding tert-OH is 1. The fourth-order valence-electron chi connectivity index (χ4n) is 2.99. The molecule has 134 valence electrons. The lowest BCUT2D eigenvalue weighted by atomic mass is 10.2. The van der Waals surface area contributed by atoms with Gasteiger partial charge < -0.3 is 24.9 Å². The van der Waals surface area contributed by atoms with E-state index in [1.807, 2.05) is 47.1 Å². The number of benzene rings is 1. The molecule has 0 radical (unpaired) electrons. The molecule has 0 spiro atoms. The van der Waals surface area contributed by atoms with E-state index in [0.29, 0.717) is 31.0 Å². The predicted molar refractivity (Wildman–Crippen MR) is 97.0 cm³/mol. The molecule has 4 rings (SSSR count). The van der Waals surface area contributed by atoms with E-state index >= 15 is 0 Å². The summed E-state index contributed by atoms with van der Waals surface area (Å²) in [5, 5.41) is 15.3. The van der Waals surface area contributed by atoms with Crippen LogP contribution >= 0.6 is 0 Å². The fraction of sp³-hybridized carbons (Fsp3) is 0.263. The van der Waals surface area contributed by atoms with Crippen LogP contribution in [0, 0.1) is 0 Å². The average Bonchev–Trinajstić information content (AvgIpc) is 3.27. The van der Waals surface area contributed by atoms with Crippen LogP contribution in [0.3, 0.4) is 0 Å². The van der Waals surface area contributed by atoms with Gasteiger partial charge >= 0.3 is 0 Å². The molecule has 7 nitrogen and oxygen atoms in total. The zero-order valence-electron chi connectivity index (χ0n) is 14.1. The van der Waals surface area contributed by atoms with Crippen LogP contribution in [-0.2, 0) is 11.4 Å². The fourth-order valence-corrected chi connectivity index (χ4v) is 2.99. The van der Waals surface area contributed by atoms with Gasteiger partial charge in [0.25, 0.3) is 0 Å². The van der Waals surface area contributed by atoms with Gasteiger partial charge in [-0.25, -0.2) is 4.98 Å². The van der Waals surface area contributed by atoms with E-state index in [0.717, 1.165) is 11.3 Å². The van der Waals surface area contributed by atoms with Crippen molar-refractivity contribution in [1.82, 2.24) is 14.7 Å². The third-order valence-electron chi connectivity index (χ3n) is 4.35. The van der Waals surface area contributed by atoms with Crippen LogP contribution in [0.1, 0.15) is 12.1 Å². The van der Waals surface area contributed by atoms with Crippen LogP contribution in [0.5, 0.6) is 5.75 Å². The number of aliphatic hydroxyl groups is 1. The number of imidazole rings is 1. The van der Waals surface area contributed by atoms with Crippen molar-refractivity contribution < 1.29 is 14.6 Å². The molecular formula is C19H20N4O3. The SMILES string of the molecule is O=C(Nc1ccc(OCc2cn3ccccc3n2)cc1)C1CC(O)CN1. The number of pyridine rings is 1. The van der Waals surface area contributed by atoms with Gasteiger partial charge in [-0.15, -0.1) is 0 Å². The number of rotatable bonds is 5. The molecule has 7 heteroatoms. The van der Waals surface area contributed by atoms with Gasteiger partial charge in [0.05, 0.1) is 17.8 Å². The summed E-state index contributed by atoms with van der Waals surface area (Å²) in [5.74, 6) is 0.564. The standard InChI is InChI=1S/C19H20N4O3/c24-15-9-17(20-10-15)19(25)22-13-4-6-16(7-5-13)26-12-14-11-23-8-2-1-3-18(23)21-14/h1-8,11,15,17,20,24H,9-10,12H2,(H,22,25). The Morgan fingerprint density at radius 2 is 2.15 bits per heavy atom. The summed E-state index contributed by atoms with van der Waals surface area (Å²) in [5.41, 5.74) is 2.42. The monoisotopic (exact) mass is 352 g/mol. The molecule has 3 aromatic rings. The van der Waals surface area contributed by atoms with Crippen LogP contribution in [0.4, 0.5) is 5.69 Å². The summed E-state index contributed by atoms with van der Waals surface area (Å²) in [6.45, 7) is 0.825. The first-order chi connectivity index (χ1) is 12.7. The first kappa shape index (κ1) is 16.6. The van der Waals surface area contributed by atoms with Crippen LogP contribution in [0.25, 0.3) is 5.65 Å². The number of hydrogen-bond donors (Lipinski definition) is 3. The molecule has 0 aliphatic carbocycles. The number of carbonyl (C=O) groups excluding carboxylic acids is 1. The number of aromatic nitrogens is 2. The molecule has 2 atom stereocenters. The van der Waals surface area contributed by atoms with Crippen LogP contribution in [-0.4, -0.2) is 39.1 Å². The van der Waals surface area contributed by atoms with Gasteiger partial charge in [0.15, 0.2) is 0 Å². The van der Waals surface area contributed by atoms with E-state index in [-0.39, 0.29) is 11.9 Å². The zero-order valence-corrected chi connectivity index (χ0v) is 14.1. The second-order valence-corrected chi connectivity index (χ2v) is 6.35. The van der Waals surface area contributed by atoms with Crippen molar-refractivity contribution in [3.05, 3.63) is 60.6 Å². The number of amides is 1. The maximum absolute atomic E-state index is 12.1. The predicted octanol–water partition coefficient (Wildman–Crippen LogP) is 1.57. The van der Waals surface area contributed by atoms with Crippen molar-refractivity contribution >= 4 is 17.2 Å². The summed E-state index contributed by atoms with van der Waals surface area (Å²) in [4.78, 5) is 16.6. The highest BCUT2D eigenvalue weighted by Crippen LogP contribution is 2.18. The van der Waals surface area contributed by atoms with Crippen LogP contribution in [0.15, 0.2) is 54.9 Å². The van der Waals surface area contributed by atoms with Crippen LogP contribution < -0.4 is 15.4 Å². The summed E-state index contributed by atoms with van der Waals surface area (Å²) in [6, 6.07) is 12.7. The van der Waals surface area contributed by atoms with Crippen molar-refractivity contribution in [3.8, 4) is 5.75 Å². The highest BCUT2D eigenvalue weighted by molar-refractivity contribution is 5.95. The van der Waals surface area contributed by atoms with Crippen molar-refractivity contribution in [1.29, 1.82) is 0 Å². The maximum Gasteiger partial charge on any atom is 0.241 e. The Bertz CT molecular complexity index is 874. The molecule has 0 bridgehead atoms. The van der Waals surface area contributed by atoms with E-state index in [1.54, 1.807) is 12.1 Å². The van der Waals surface area contributed by atoms with Crippen LogP contribution in [0.2, 0.25) is 0 Å². The van der Waals surface area contributed by atoms with Gasteiger partial charge in [-0.2, -0.15) is 0 Å². The molecule has 0 saturated carbocycles. The van der Waals surface area contributed by atoms with E-state index in [9.17, 15) is 9.90 Å². The Morgan fingerprint density at radius 3 is 2.88 bits per heavy atom. The average molecular weight is 352 g/mol. The maximum atomic E-state index is 12.1. The topological polar surface area (TPSA) is 87.9 Å². The summed E-state index contributed by atoms with van der Waals surface area (Å²) < 4.78 is 7.71. The number of ether oxygens (including phenoxy) is 1. The third-order valence-corrected chi connectivity index (χ3v) is 4.35. The number of nitrogens with one attached hydrogen (secondary N) is 2. The number of nitrogens with zero attached hydrogens (tertiary/aromatic N) is 2. The van der Waals surface area contributed by atoms with Gasteiger partial charge in [0.1, 0.15) is 18.0 Å². The largest absolute Gasteiger partial charge is 0.487 e. The minimum Gasteiger partial charge on any atom is -0.487 e. The molecule has 2 unspecified atom stereocenters. The molecular weight excluding hydrogens is 332 g/mol. The molecule has 1 aromatic carbocycles. The second kappa shape index (κ2) is 7.15. The summed E-state index contributed by atoms with van der Waals surface area (Å²) >= 11 is 0. The Labute approximate surface area is 150 Å². The summed E-state index contributed by atoms with van der Waals surface area (Å²) in [6.07, 6.45) is 3.86. The first-order valence-corrected chi connectivity index (χ1v) is 8.55. The zero-order chi connectivity index (χ0) is 17.9. The molecule has 3 heterocycles. The highest BCUT2D eigenvalue weighted by atomic mass is 16.5. The lowest BCUT2D eigenvalue weighted by Crippen LogP contribution is -2.35. The molecule has 1 amide bonds. The second-order valence-electron chi connectivity index (χ2n) is 6.35. The molecule has 26 heavy (non-hydrogen) atoms. The molecule has 1 saturated heterocycles. The van der Waals surface area contributed by atoms with E-state index in [4.69, 9.17) is 4.74 Å². The minimum atomic E-state index is -0.457. The molecule has 2 aromatic heterocycles. The lowest BCUT2D eigenvalue weighted by molar-refractivity contribution is -0.117. The lowest BCUT2D eigenvalue weighted by Gasteiger charge is -2.11. The Kier molecular flexibility index (Phi) is 4.55. The summed E-state index contributed by atoms with van der Waals surface area (Å²) in [7, 11) is 0. The number of hydrogen-bond acceptors (Lipinski definition) is 5. The quantitative estimate of drug-likeness (QED) is 0.649. The van der Waals surface area contributed by atoms with Crippen molar-refractivity contribution in [2.45, 2.75) is 25.2 Å². The molecule has 1 aliphatic heterocycles. The normalized spacial score (nSPS) is 19.6. The van der Waals surface area contributed by atoms with Crippen molar-refractivity contribution in [3.63, 3.8) is 0 Å². The van der Waals surface area contributed by atoms with E-state index in [2.05, 4.69) is 15.6 Å². The van der Waals surface area contributed by atoms with Gasteiger partial charge in [0, 0.05) is 24.6 Å². The Hall–Kier alpha value is -2.90. The van der Waals surface area contributed by atoms with Gasteiger partial charge in [-0.05, 0) is 42.8 Å². The Morgan fingerprint density at radius 1 is 1.31 bits per heavy atom. The smallest absolute Gasteiger partial charge is 0.241 e. The van der Waals surface area contributed by atoms with Crippen molar-refractivity contribution in [2.75, 3.05) is 11.9 Å². The Balaban J connectivity index is 1.33. The number of anilines is 1. The molecule has 3 N–H and O–H groups in total. The van der Waals surface area contributed by atoms with Gasteiger partial charge in [0.2, 0.25) is 5.91 Å².